The topological polar surface area (TPSA) is 84.5 Å². The zero-order valence-electron chi connectivity index (χ0n) is 14.7. The van der Waals surface area contributed by atoms with E-state index in [1.165, 1.54) is 11.8 Å². The van der Waals surface area contributed by atoms with Gasteiger partial charge < -0.3 is 15.4 Å². The average Bonchev–Trinajstić information content (AvgIpc) is 2.68. The predicted molar refractivity (Wildman–Crippen MR) is 114 cm³/mol. The Morgan fingerprint density at radius 1 is 1.04 bits per heavy atom. The third-order valence-electron chi connectivity index (χ3n) is 3.36. The van der Waals surface area contributed by atoms with Crippen molar-refractivity contribution in [3.63, 3.8) is 0 Å². The Labute approximate surface area is 180 Å². The number of amides is 2. The first kappa shape index (κ1) is 22.3. The van der Waals surface area contributed by atoms with Gasteiger partial charge in [0, 0.05) is 15.1 Å². The summed E-state index contributed by atoms with van der Waals surface area (Å²) < 4.78 is 5.64. The number of carbonyl (C=O) groups is 3. The van der Waals surface area contributed by atoms with E-state index in [-0.39, 0.29) is 18.9 Å². The molecular weight excluding hydrogens is 468 g/mol. The normalized spacial score (nSPS) is 10.2. The van der Waals surface area contributed by atoms with Crippen LogP contribution in [0, 0.1) is 0 Å². The summed E-state index contributed by atoms with van der Waals surface area (Å²) >= 11 is 10.8. The Kier molecular flexibility index (Phi) is 9.33. The van der Waals surface area contributed by atoms with Gasteiger partial charge in [0.15, 0.2) is 6.61 Å². The second kappa shape index (κ2) is 11.7. The molecule has 0 spiro atoms. The number of carbonyl (C=O) groups excluding carboxylic acids is 3. The van der Waals surface area contributed by atoms with Crippen LogP contribution in [0.3, 0.4) is 0 Å². The molecule has 0 aliphatic carbocycles. The van der Waals surface area contributed by atoms with Gasteiger partial charge in [0.25, 0.3) is 5.91 Å². The first-order valence-electron chi connectivity index (χ1n) is 8.29. The number of benzene rings is 2. The molecule has 148 valence electrons. The molecule has 0 aliphatic rings. The standard InChI is InChI=1S/C19H18BrClN2O4S/c20-13-5-1-3-7-15(13)23-17(24)11-22-18(25)12-27-19(26)9-10-28-16-8-4-2-6-14(16)21/h1-8H,9-12H2,(H,22,25)(H,23,24). The van der Waals surface area contributed by atoms with Crippen LogP contribution in [0.4, 0.5) is 5.69 Å². The quantitative estimate of drug-likeness (QED) is 0.416. The number of nitrogens with one attached hydrogen (secondary N) is 2. The van der Waals surface area contributed by atoms with Gasteiger partial charge in [0.1, 0.15) is 0 Å². The van der Waals surface area contributed by atoms with Gasteiger partial charge in [0.05, 0.1) is 23.7 Å². The van der Waals surface area contributed by atoms with Crippen LogP contribution in [0.25, 0.3) is 0 Å². The molecule has 2 N–H and O–H groups in total. The molecule has 0 saturated carbocycles. The second-order valence-corrected chi connectivity index (χ2v) is 7.89. The number of ether oxygens (including phenoxy) is 1. The number of hydrogen-bond donors (Lipinski definition) is 2. The van der Waals surface area contributed by atoms with Crippen molar-refractivity contribution in [3.8, 4) is 0 Å². The number of hydrogen-bond acceptors (Lipinski definition) is 5. The molecule has 2 aromatic rings. The molecule has 2 rings (SSSR count). The van der Waals surface area contributed by atoms with Crippen LogP contribution in [0.2, 0.25) is 5.02 Å². The number of para-hydroxylation sites is 1. The first-order chi connectivity index (χ1) is 13.5. The van der Waals surface area contributed by atoms with Crippen LogP contribution < -0.4 is 10.6 Å². The van der Waals surface area contributed by atoms with Gasteiger partial charge in [-0.25, -0.2) is 0 Å². The molecule has 0 radical (unpaired) electrons. The molecular formula is C19H18BrClN2O4S. The molecule has 0 aliphatic heterocycles. The monoisotopic (exact) mass is 484 g/mol. The molecule has 0 heterocycles. The van der Waals surface area contributed by atoms with Crippen LogP contribution in [-0.2, 0) is 19.1 Å². The number of thioether (sulfide) groups is 1. The maximum absolute atomic E-state index is 11.8. The molecule has 0 bridgehead atoms. The largest absolute Gasteiger partial charge is 0.456 e. The van der Waals surface area contributed by atoms with Gasteiger partial charge in [-0.3, -0.25) is 14.4 Å². The fourth-order valence-corrected chi connectivity index (χ4v) is 3.56. The van der Waals surface area contributed by atoms with Gasteiger partial charge in [0.2, 0.25) is 5.91 Å². The van der Waals surface area contributed by atoms with Crippen molar-refractivity contribution in [3.05, 3.63) is 58.0 Å². The zero-order chi connectivity index (χ0) is 20.4. The molecule has 9 heteroatoms. The van der Waals surface area contributed by atoms with Crippen LogP contribution in [0.15, 0.2) is 57.9 Å². The molecule has 0 fully saturated rings. The Morgan fingerprint density at radius 2 is 1.75 bits per heavy atom. The molecule has 0 saturated heterocycles. The Balaban J connectivity index is 1.61. The minimum Gasteiger partial charge on any atom is -0.456 e. The fraction of sp³-hybridized carbons (Fsp3) is 0.211. The highest BCUT2D eigenvalue weighted by atomic mass is 79.9. The van der Waals surface area contributed by atoms with Crippen molar-refractivity contribution < 1.29 is 19.1 Å². The Bertz CT molecular complexity index is 850. The average molecular weight is 486 g/mol. The van der Waals surface area contributed by atoms with Crippen LogP contribution in [-0.4, -0.2) is 36.7 Å². The summed E-state index contributed by atoms with van der Waals surface area (Å²) in [6, 6.07) is 14.5. The van der Waals surface area contributed by atoms with Crippen molar-refractivity contribution in [2.45, 2.75) is 11.3 Å². The minimum atomic E-state index is -0.547. The molecule has 0 atom stereocenters. The number of halogens is 2. The first-order valence-corrected chi connectivity index (χ1v) is 10.5. The van der Waals surface area contributed by atoms with E-state index in [1.807, 2.05) is 24.3 Å². The van der Waals surface area contributed by atoms with Crippen LogP contribution in [0.1, 0.15) is 6.42 Å². The highest BCUT2D eigenvalue weighted by molar-refractivity contribution is 9.10. The lowest BCUT2D eigenvalue weighted by atomic mass is 10.3. The number of esters is 1. The maximum atomic E-state index is 11.8. The van der Waals surface area contributed by atoms with Crippen molar-refractivity contribution in [1.29, 1.82) is 0 Å². The minimum absolute atomic E-state index is 0.145. The third kappa shape index (κ3) is 7.92. The van der Waals surface area contributed by atoms with E-state index in [9.17, 15) is 14.4 Å². The second-order valence-electron chi connectivity index (χ2n) is 5.49. The predicted octanol–water partition coefficient (Wildman–Crippen LogP) is 3.88. The Morgan fingerprint density at radius 3 is 2.50 bits per heavy atom. The van der Waals surface area contributed by atoms with Crippen molar-refractivity contribution >= 4 is 62.8 Å². The summed E-state index contributed by atoms with van der Waals surface area (Å²) in [6.07, 6.45) is 0.145. The van der Waals surface area contributed by atoms with E-state index in [0.717, 1.165) is 9.37 Å². The van der Waals surface area contributed by atoms with E-state index in [0.29, 0.717) is 16.5 Å². The highest BCUT2D eigenvalue weighted by Gasteiger charge is 2.11. The van der Waals surface area contributed by atoms with Gasteiger partial charge in [-0.15, -0.1) is 11.8 Å². The summed E-state index contributed by atoms with van der Waals surface area (Å²) in [5.74, 6) is -0.942. The van der Waals surface area contributed by atoms with E-state index in [1.54, 1.807) is 24.3 Å². The molecule has 2 amide bonds. The van der Waals surface area contributed by atoms with E-state index >= 15 is 0 Å². The zero-order valence-corrected chi connectivity index (χ0v) is 17.9. The lowest BCUT2D eigenvalue weighted by Crippen LogP contribution is -2.35. The number of rotatable bonds is 9. The van der Waals surface area contributed by atoms with Crippen molar-refractivity contribution in [2.75, 3.05) is 24.2 Å². The van der Waals surface area contributed by atoms with Gasteiger partial charge in [-0.05, 0) is 40.2 Å². The van der Waals surface area contributed by atoms with E-state index in [4.69, 9.17) is 16.3 Å². The molecule has 0 unspecified atom stereocenters. The summed E-state index contributed by atoms with van der Waals surface area (Å²) in [6.45, 7) is -0.655. The van der Waals surface area contributed by atoms with Gasteiger partial charge in [-0.2, -0.15) is 0 Å². The molecule has 2 aromatic carbocycles. The fourth-order valence-electron chi connectivity index (χ4n) is 2.01. The summed E-state index contributed by atoms with van der Waals surface area (Å²) in [5.41, 5.74) is 0.601. The molecule has 0 aromatic heterocycles. The molecule has 28 heavy (non-hydrogen) atoms. The maximum Gasteiger partial charge on any atom is 0.307 e. The lowest BCUT2D eigenvalue weighted by molar-refractivity contribution is -0.148. The van der Waals surface area contributed by atoms with Crippen LogP contribution in [0.5, 0.6) is 0 Å². The van der Waals surface area contributed by atoms with Crippen molar-refractivity contribution in [2.24, 2.45) is 0 Å². The highest BCUT2D eigenvalue weighted by Crippen LogP contribution is 2.26. The van der Waals surface area contributed by atoms with Gasteiger partial charge >= 0.3 is 5.97 Å². The third-order valence-corrected chi connectivity index (χ3v) is 5.57. The van der Waals surface area contributed by atoms with Crippen molar-refractivity contribution in [1.82, 2.24) is 5.32 Å². The SMILES string of the molecule is O=C(COC(=O)CCSc1ccccc1Cl)NCC(=O)Nc1ccccc1Br. The Hall–Kier alpha value is -2.03. The van der Waals surface area contributed by atoms with Gasteiger partial charge in [-0.1, -0.05) is 35.9 Å². The lowest BCUT2D eigenvalue weighted by Gasteiger charge is -2.09. The van der Waals surface area contributed by atoms with E-state index < -0.39 is 18.5 Å². The smallest absolute Gasteiger partial charge is 0.307 e. The summed E-state index contributed by atoms with van der Waals surface area (Å²) in [5, 5.41) is 5.68. The summed E-state index contributed by atoms with van der Waals surface area (Å²) in [4.78, 5) is 36.1. The molecule has 6 nitrogen and oxygen atoms in total. The van der Waals surface area contributed by atoms with Crippen LogP contribution >= 0.6 is 39.3 Å². The summed E-state index contributed by atoms with van der Waals surface area (Å²) in [7, 11) is 0. The number of anilines is 1. The van der Waals surface area contributed by atoms with E-state index in [2.05, 4.69) is 26.6 Å².